The fourth-order valence-electron chi connectivity index (χ4n) is 4.71. The van der Waals surface area contributed by atoms with Crippen LogP contribution in [0, 0.1) is 5.92 Å². The molecular weight excluding hydrogens is 364 g/mol. The van der Waals surface area contributed by atoms with Crippen molar-refractivity contribution in [2.75, 3.05) is 38.2 Å². The molecule has 2 fully saturated rings. The predicted octanol–water partition coefficient (Wildman–Crippen LogP) is 4.87. The van der Waals surface area contributed by atoms with E-state index < -0.39 is 5.60 Å². The van der Waals surface area contributed by atoms with Crippen LogP contribution in [0.4, 0.5) is 5.69 Å². The van der Waals surface area contributed by atoms with Crippen LogP contribution >= 0.6 is 0 Å². The molecular formula is C24H38N2O3. The number of nitrogens with zero attached hydrogens (tertiary/aromatic N) is 1. The summed E-state index contributed by atoms with van der Waals surface area (Å²) in [5, 5.41) is 3.07. The molecule has 29 heavy (non-hydrogen) atoms. The average Bonchev–Trinajstić information content (AvgIpc) is 2.98. The maximum absolute atomic E-state index is 13.0. The van der Waals surface area contributed by atoms with Gasteiger partial charge in [-0.3, -0.25) is 9.69 Å². The number of amides is 1. The van der Waals surface area contributed by atoms with E-state index in [1.165, 1.54) is 45.2 Å². The highest BCUT2D eigenvalue weighted by Crippen LogP contribution is 2.36. The zero-order valence-corrected chi connectivity index (χ0v) is 18.3. The normalized spacial score (nSPS) is 25.9. The first-order chi connectivity index (χ1) is 14.1. The molecule has 162 valence electrons. The fraction of sp³-hybridized carbons (Fsp3) is 0.708. The van der Waals surface area contributed by atoms with Gasteiger partial charge in [-0.05, 0) is 82.3 Å². The number of carbonyl (C=O) groups excluding carboxylic acids is 1. The van der Waals surface area contributed by atoms with Crippen LogP contribution in [0.1, 0.15) is 65.2 Å². The molecule has 0 bridgehead atoms. The summed E-state index contributed by atoms with van der Waals surface area (Å²) in [5.74, 6) is 1.35. The van der Waals surface area contributed by atoms with Crippen LogP contribution in [0.25, 0.3) is 0 Å². The van der Waals surface area contributed by atoms with E-state index in [1.54, 1.807) is 0 Å². The first-order valence-corrected chi connectivity index (χ1v) is 11.5. The molecule has 0 aromatic heterocycles. The van der Waals surface area contributed by atoms with Gasteiger partial charge in [0.1, 0.15) is 18.0 Å². The molecule has 1 heterocycles. The SMILES string of the molecule is CCO[C@]1(C(=O)Nc2ccc(OCCN3CCCCCC3)cc2)CCC[C@@H](C)C1. The number of hydrogen-bond donors (Lipinski definition) is 1. The average molecular weight is 403 g/mol. The number of hydrogen-bond acceptors (Lipinski definition) is 4. The molecule has 0 unspecified atom stereocenters. The van der Waals surface area contributed by atoms with Gasteiger partial charge >= 0.3 is 0 Å². The second kappa shape index (κ2) is 11.0. The second-order valence-corrected chi connectivity index (χ2v) is 8.71. The Kier molecular flexibility index (Phi) is 8.37. The zero-order valence-electron chi connectivity index (χ0n) is 18.3. The number of carbonyl (C=O) groups is 1. The Bertz CT molecular complexity index is 622. The van der Waals surface area contributed by atoms with Crippen LogP contribution in [-0.2, 0) is 9.53 Å². The van der Waals surface area contributed by atoms with Gasteiger partial charge in [0.2, 0.25) is 0 Å². The third kappa shape index (κ3) is 6.45. The topological polar surface area (TPSA) is 50.8 Å². The van der Waals surface area contributed by atoms with Gasteiger partial charge in [-0.25, -0.2) is 0 Å². The Labute approximate surface area is 176 Å². The van der Waals surface area contributed by atoms with Crippen molar-refractivity contribution in [3.63, 3.8) is 0 Å². The molecule has 1 aliphatic heterocycles. The summed E-state index contributed by atoms with van der Waals surface area (Å²) in [5.41, 5.74) is 0.113. The lowest BCUT2D eigenvalue weighted by Crippen LogP contribution is -2.48. The van der Waals surface area contributed by atoms with Crippen molar-refractivity contribution >= 4 is 11.6 Å². The summed E-state index contributed by atoms with van der Waals surface area (Å²) >= 11 is 0. The molecule has 2 atom stereocenters. The highest BCUT2D eigenvalue weighted by atomic mass is 16.5. The lowest BCUT2D eigenvalue weighted by Gasteiger charge is -2.38. The molecule has 1 aliphatic carbocycles. The van der Waals surface area contributed by atoms with Crippen LogP contribution in [-0.4, -0.2) is 49.3 Å². The maximum atomic E-state index is 13.0. The summed E-state index contributed by atoms with van der Waals surface area (Å²) < 4.78 is 11.9. The summed E-state index contributed by atoms with van der Waals surface area (Å²) in [7, 11) is 0. The minimum Gasteiger partial charge on any atom is -0.492 e. The van der Waals surface area contributed by atoms with E-state index in [0.717, 1.165) is 37.2 Å². The van der Waals surface area contributed by atoms with Gasteiger partial charge in [0, 0.05) is 18.8 Å². The monoisotopic (exact) mass is 402 g/mol. The molecule has 1 N–H and O–H groups in total. The minimum atomic E-state index is -0.686. The van der Waals surface area contributed by atoms with E-state index in [9.17, 15) is 4.79 Å². The van der Waals surface area contributed by atoms with Crippen molar-refractivity contribution in [2.24, 2.45) is 5.92 Å². The number of anilines is 1. The van der Waals surface area contributed by atoms with Crippen LogP contribution in [0.3, 0.4) is 0 Å². The molecule has 5 nitrogen and oxygen atoms in total. The summed E-state index contributed by atoms with van der Waals surface area (Å²) in [6, 6.07) is 7.72. The summed E-state index contributed by atoms with van der Waals surface area (Å²) in [4.78, 5) is 15.5. The fourth-order valence-corrected chi connectivity index (χ4v) is 4.71. The molecule has 1 saturated heterocycles. The number of likely N-dealkylation sites (tertiary alicyclic amines) is 1. The minimum absolute atomic E-state index is 0.0132. The number of nitrogens with one attached hydrogen (secondary N) is 1. The molecule has 3 rings (SSSR count). The van der Waals surface area contributed by atoms with Crippen molar-refractivity contribution in [3.05, 3.63) is 24.3 Å². The molecule has 0 spiro atoms. The van der Waals surface area contributed by atoms with Crippen LogP contribution in [0.15, 0.2) is 24.3 Å². The summed E-state index contributed by atoms with van der Waals surface area (Å²) in [6.07, 6.45) is 9.12. The third-order valence-electron chi connectivity index (χ3n) is 6.28. The van der Waals surface area contributed by atoms with Crippen molar-refractivity contribution < 1.29 is 14.3 Å². The first-order valence-electron chi connectivity index (χ1n) is 11.5. The smallest absolute Gasteiger partial charge is 0.256 e. The van der Waals surface area contributed by atoms with E-state index in [2.05, 4.69) is 17.1 Å². The number of ether oxygens (including phenoxy) is 2. The van der Waals surface area contributed by atoms with E-state index >= 15 is 0 Å². The molecule has 1 amide bonds. The van der Waals surface area contributed by atoms with Crippen LogP contribution in [0.5, 0.6) is 5.75 Å². The second-order valence-electron chi connectivity index (χ2n) is 8.71. The van der Waals surface area contributed by atoms with Gasteiger partial charge in [-0.1, -0.05) is 26.2 Å². The van der Waals surface area contributed by atoms with Crippen molar-refractivity contribution in [2.45, 2.75) is 70.8 Å². The molecule has 2 aliphatic rings. The van der Waals surface area contributed by atoms with Gasteiger partial charge in [0.25, 0.3) is 5.91 Å². The molecule has 0 radical (unpaired) electrons. The number of benzene rings is 1. The van der Waals surface area contributed by atoms with Gasteiger partial charge < -0.3 is 14.8 Å². The van der Waals surface area contributed by atoms with Crippen molar-refractivity contribution in [1.29, 1.82) is 0 Å². The zero-order chi connectivity index (χ0) is 20.5. The quantitative estimate of drug-likeness (QED) is 0.674. The van der Waals surface area contributed by atoms with Crippen molar-refractivity contribution in [3.8, 4) is 5.75 Å². The Morgan fingerprint density at radius 3 is 2.52 bits per heavy atom. The molecule has 1 aromatic carbocycles. The van der Waals surface area contributed by atoms with E-state index in [-0.39, 0.29) is 5.91 Å². The predicted molar refractivity (Wildman–Crippen MR) is 117 cm³/mol. The first kappa shape index (κ1) is 22.1. The Morgan fingerprint density at radius 1 is 1.14 bits per heavy atom. The van der Waals surface area contributed by atoms with Gasteiger partial charge in [0.05, 0.1) is 0 Å². The van der Waals surface area contributed by atoms with Gasteiger partial charge in [0.15, 0.2) is 0 Å². The highest BCUT2D eigenvalue weighted by molar-refractivity contribution is 5.97. The standard InChI is InChI=1S/C24H38N2O3/c1-3-29-24(14-8-9-20(2)19-24)23(27)25-21-10-12-22(13-11-21)28-18-17-26-15-6-4-5-7-16-26/h10-13,20H,3-9,14-19H2,1-2H3,(H,25,27)/t20-,24-/m1/s1. The summed E-state index contributed by atoms with van der Waals surface area (Å²) in [6.45, 7) is 8.79. The van der Waals surface area contributed by atoms with E-state index in [0.29, 0.717) is 19.1 Å². The van der Waals surface area contributed by atoms with Gasteiger partial charge in [-0.2, -0.15) is 0 Å². The molecule has 5 heteroatoms. The Morgan fingerprint density at radius 2 is 1.86 bits per heavy atom. The van der Waals surface area contributed by atoms with Crippen LogP contribution in [0.2, 0.25) is 0 Å². The molecule has 1 aromatic rings. The number of rotatable bonds is 8. The highest BCUT2D eigenvalue weighted by Gasteiger charge is 2.42. The lowest BCUT2D eigenvalue weighted by atomic mass is 9.78. The Balaban J connectivity index is 1.49. The largest absolute Gasteiger partial charge is 0.492 e. The van der Waals surface area contributed by atoms with E-state index in [1.807, 2.05) is 31.2 Å². The maximum Gasteiger partial charge on any atom is 0.256 e. The van der Waals surface area contributed by atoms with Crippen molar-refractivity contribution in [1.82, 2.24) is 4.90 Å². The lowest BCUT2D eigenvalue weighted by molar-refractivity contribution is -0.147. The van der Waals surface area contributed by atoms with Crippen LogP contribution < -0.4 is 10.1 Å². The van der Waals surface area contributed by atoms with Gasteiger partial charge in [-0.15, -0.1) is 0 Å². The molecule has 1 saturated carbocycles. The Hall–Kier alpha value is -1.59. The van der Waals surface area contributed by atoms with E-state index in [4.69, 9.17) is 9.47 Å². The third-order valence-corrected chi connectivity index (χ3v) is 6.28.